The summed E-state index contributed by atoms with van der Waals surface area (Å²) in [6, 6.07) is 2.93. The molecule has 1 aromatic carbocycles. The van der Waals surface area contributed by atoms with E-state index in [9.17, 15) is 8.42 Å². The normalized spacial score (nSPS) is 11.6. The number of nitrogens with one attached hydrogen (secondary N) is 1. The smallest absolute Gasteiger partial charge is 0.244 e. The molecule has 0 aliphatic heterocycles. The van der Waals surface area contributed by atoms with Gasteiger partial charge in [-0.2, -0.15) is 0 Å². The van der Waals surface area contributed by atoms with E-state index in [4.69, 9.17) is 15.2 Å². The summed E-state index contributed by atoms with van der Waals surface area (Å²) in [5, 5.41) is 0. The van der Waals surface area contributed by atoms with Gasteiger partial charge in [-0.25, -0.2) is 13.1 Å². The van der Waals surface area contributed by atoms with Gasteiger partial charge in [0.05, 0.1) is 7.11 Å². The molecule has 1 rings (SSSR count). The molecule has 0 saturated carbocycles. The lowest BCUT2D eigenvalue weighted by Crippen LogP contribution is -2.25. The van der Waals surface area contributed by atoms with Crippen molar-refractivity contribution in [2.75, 3.05) is 33.1 Å². The lowest BCUT2D eigenvalue weighted by molar-refractivity contribution is 0.192. The molecular formula is C13H21BrN2O4S. The number of nitrogens with two attached hydrogens (primary N) is 1. The maximum atomic E-state index is 12.3. The highest BCUT2D eigenvalue weighted by Crippen LogP contribution is 2.32. The highest BCUT2D eigenvalue weighted by molar-refractivity contribution is 9.10. The number of methoxy groups -OCH3 is 2. The lowest BCUT2D eigenvalue weighted by Gasteiger charge is -2.12. The van der Waals surface area contributed by atoms with Crippen LogP contribution in [0.4, 0.5) is 5.69 Å². The zero-order valence-electron chi connectivity index (χ0n) is 12.2. The van der Waals surface area contributed by atoms with Crippen molar-refractivity contribution < 1.29 is 17.9 Å². The summed E-state index contributed by atoms with van der Waals surface area (Å²) in [5.74, 6) is 0.253. The van der Waals surface area contributed by atoms with Crippen molar-refractivity contribution in [2.24, 2.45) is 0 Å². The van der Waals surface area contributed by atoms with Crippen LogP contribution in [0.25, 0.3) is 0 Å². The number of anilines is 1. The van der Waals surface area contributed by atoms with Crippen LogP contribution in [-0.4, -0.2) is 35.8 Å². The van der Waals surface area contributed by atoms with Gasteiger partial charge in [0.15, 0.2) is 0 Å². The van der Waals surface area contributed by atoms with E-state index in [-0.39, 0.29) is 10.6 Å². The molecule has 0 saturated heterocycles. The Bertz CT molecular complexity index is 564. The first-order valence-corrected chi connectivity index (χ1v) is 8.81. The monoisotopic (exact) mass is 380 g/mol. The molecule has 3 N–H and O–H groups in total. The van der Waals surface area contributed by atoms with Gasteiger partial charge < -0.3 is 15.2 Å². The number of rotatable bonds is 9. The van der Waals surface area contributed by atoms with Gasteiger partial charge in [0.1, 0.15) is 10.6 Å². The molecule has 8 heteroatoms. The van der Waals surface area contributed by atoms with E-state index in [2.05, 4.69) is 20.7 Å². The Hall–Kier alpha value is -0.830. The van der Waals surface area contributed by atoms with E-state index >= 15 is 0 Å². The number of sulfonamides is 1. The van der Waals surface area contributed by atoms with E-state index in [0.29, 0.717) is 23.3 Å². The van der Waals surface area contributed by atoms with Crippen molar-refractivity contribution in [1.82, 2.24) is 4.72 Å². The van der Waals surface area contributed by atoms with Gasteiger partial charge in [-0.3, -0.25) is 0 Å². The Morgan fingerprint density at radius 1 is 1.24 bits per heavy atom. The van der Waals surface area contributed by atoms with Crippen LogP contribution in [0.15, 0.2) is 21.5 Å². The summed E-state index contributed by atoms with van der Waals surface area (Å²) in [4.78, 5) is 0.0441. The van der Waals surface area contributed by atoms with Crippen molar-refractivity contribution in [3.63, 3.8) is 0 Å². The summed E-state index contributed by atoms with van der Waals surface area (Å²) < 4.78 is 37.8. The largest absolute Gasteiger partial charge is 0.495 e. The van der Waals surface area contributed by atoms with Crippen molar-refractivity contribution in [2.45, 2.75) is 24.2 Å². The topological polar surface area (TPSA) is 90.7 Å². The molecular weight excluding hydrogens is 360 g/mol. The summed E-state index contributed by atoms with van der Waals surface area (Å²) in [6.07, 6.45) is 2.56. The zero-order valence-corrected chi connectivity index (χ0v) is 14.6. The maximum Gasteiger partial charge on any atom is 0.244 e. The van der Waals surface area contributed by atoms with Gasteiger partial charge in [0, 0.05) is 30.4 Å². The highest BCUT2D eigenvalue weighted by atomic mass is 79.9. The SMILES string of the molecule is COCCCCCNS(=O)(=O)c1cc(N)c(Br)cc1OC. The average Bonchev–Trinajstić information content (AvgIpc) is 2.45. The number of hydrogen-bond donors (Lipinski definition) is 2. The first-order valence-electron chi connectivity index (χ1n) is 6.54. The Morgan fingerprint density at radius 3 is 2.57 bits per heavy atom. The van der Waals surface area contributed by atoms with Crippen molar-refractivity contribution in [3.05, 3.63) is 16.6 Å². The first kappa shape index (κ1) is 18.2. The molecule has 21 heavy (non-hydrogen) atoms. The number of halogens is 1. The number of benzene rings is 1. The molecule has 0 aromatic heterocycles. The molecule has 0 aliphatic carbocycles. The number of unbranched alkanes of at least 4 members (excludes halogenated alkanes) is 2. The number of ether oxygens (including phenoxy) is 2. The Morgan fingerprint density at radius 2 is 1.95 bits per heavy atom. The third-order valence-corrected chi connectivity index (χ3v) is 5.06. The second-order valence-electron chi connectivity index (χ2n) is 4.48. The minimum Gasteiger partial charge on any atom is -0.495 e. The summed E-state index contributed by atoms with van der Waals surface area (Å²) in [6.45, 7) is 1.05. The molecule has 0 atom stereocenters. The van der Waals surface area contributed by atoms with Crippen LogP contribution in [0.2, 0.25) is 0 Å². The first-order chi connectivity index (χ1) is 9.92. The number of nitrogen functional groups attached to an aromatic ring is 1. The summed E-state index contributed by atoms with van der Waals surface area (Å²) >= 11 is 3.24. The molecule has 120 valence electrons. The van der Waals surface area contributed by atoms with Crippen LogP contribution < -0.4 is 15.2 Å². The third kappa shape index (κ3) is 5.46. The van der Waals surface area contributed by atoms with Crippen LogP contribution in [0.1, 0.15) is 19.3 Å². The quantitative estimate of drug-likeness (QED) is 0.505. The van der Waals surface area contributed by atoms with E-state index in [0.717, 1.165) is 19.3 Å². The molecule has 0 fully saturated rings. The predicted octanol–water partition coefficient (Wildman–Crippen LogP) is 2.13. The van der Waals surface area contributed by atoms with E-state index in [1.54, 1.807) is 13.2 Å². The molecule has 0 spiro atoms. The van der Waals surface area contributed by atoms with Crippen LogP contribution in [0.3, 0.4) is 0 Å². The van der Waals surface area contributed by atoms with Gasteiger partial charge >= 0.3 is 0 Å². The molecule has 0 heterocycles. The van der Waals surface area contributed by atoms with Crippen LogP contribution in [0.5, 0.6) is 5.75 Å². The molecule has 6 nitrogen and oxygen atoms in total. The number of hydrogen-bond acceptors (Lipinski definition) is 5. The predicted molar refractivity (Wildman–Crippen MR) is 86.0 cm³/mol. The highest BCUT2D eigenvalue weighted by Gasteiger charge is 2.20. The van der Waals surface area contributed by atoms with E-state index in [1.165, 1.54) is 13.2 Å². The van der Waals surface area contributed by atoms with Crippen LogP contribution >= 0.6 is 15.9 Å². The van der Waals surface area contributed by atoms with Gasteiger partial charge in [0.2, 0.25) is 10.0 Å². The molecule has 0 aliphatic rings. The molecule has 0 amide bonds. The van der Waals surface area contributed by atoms with Crippen molar-refractivity contribution in [1.29, 1.82) is 0 Å². The second kappa shape index (κ2) is 8.57. The third-order valence-electron chi connectivity index (χ3n) is 2.89. The van der Waals surface area contributed by atoms with Crippen LogP contribution in [0, 0.1) is 0 Å². The average molecular weight is 381 g/mol. The standard InChI is InChI=1S/C13H21BrN2O4S/c1-19-7-5-3-4-6-16-21(17,18)13-9-11(15)10(14)8-12(13)20-2/h8-9,16H,3-7,15H2,1-2H3. The van der Waals surface area contributed by atoms with Crippen molar-refractivity contribution in [3.8, 4) is 5.75 Å². The van der Waals surface area contributed by atoms with E-state index < -0.39 is 10.0 Å². The lowest BCUT2D eigenvalue weighted by atomic mass is 10.2. The van der Waals surface area contributed by atoms with Crippen LogP contribution in [-0.2, 0) is 14.8 Å². The van der Waals surface area contributed by atoms with E-state index in [1.807, 2.05) is 0 Å². The second-order valence-corrected chi connectivity index (χ2v) is 7.07. The minimum atomic E-state index is -3.64. The molecule has 0 unspecified atom stereocenters. The van der Waals surface area contributed by atoms with Gasteiger partial charge in [-0.05, 0) is 47.3 Å². The Balaban J connectivity index is 2.72. The Labute approximate surface area is 134 Å². The zero-order chi connectivity index (χ0) is 15.9. The fraction of sp³-hybridized carbons (Fsp3) is 0.538. The minimum absolute atomic E-state index is 0.0441. The molecule has 0 bridgehead atoms. The fourth-order valence-electron chi connectivity index (χ4n) is 1.75. The van der Waals surface area contributed by atoms with Gasteiger partial charge in [0.25, 0.3) is 0 Å². The van der Waals surface area contributed by atoms with Crippen molar-refractivity contribution >= 4 is 31.6 Å². The van der Waals surface area contributed by atoms with Gasteiger partial charge in [-0.1, -0.05) is 0 Å². The summed E-state index contributed by atoms with van der Waals surface area (Å²) in [5.41, 5.74) is 6.09. The fourth-order valence-corrected chi connectivity index (χ4v) is 3.33. The molecule has 1 aromatic rings. The maximum absolute atomic E-state index is 12.3. The summed E-state index contributed by atoms with van der Waals surface area (Å²) in [7, 11) is -0.578. The Kier molecular flexibility index (Phi) is 7.44. The van der Waals surface area contributed by atoms with Gasteiger partial charge in [-0.15, -0.1) is 0 Å². The molecule has 0 radical (unpaired) electrons.